The van der Waals surface area contributed by atoms with Crippen LogP contribution in [0.1, 0.15) is 35.6 Å². The number of benzene rings is 2. The Kier molecular flexibility index (Phi) is 6.35. The zero-order chi connectivity index (χ0) is 17.5. The van der Waals surface area contributed by atoms with Crippen LogP contribution in [0.3, 0.4) is 0 Å². The third-order valence-electron chi connectivity index (χ3n) is 4.62. The van der Waals surface area contributed by atoms with Gasteiger partial charge in [0.1, 0.15) is 0 Å². The molecule has 0 bridgehead atoms. The third kappa shape index (κ3) is 4.76. The maximum atomic E-state index is 6.52. The summed E-state index contributed by atoms with van der Waals surface area (Å²) in [5.41, 5.74) is 5.38. The van der Waals surface area contributed by atoms with Crippen molar-refractivity contribution in [1.82, 2.24) is 10.6 Å². The minimum Gasteiger partial charge on any atom is -0.355 e. The van der Waals surface area contributed by atoms with Crippen molar-refractivity contribution < 1.29 is 0 Å². The Morgan fingerprint density at radius 2 is 1.76 bits per heavy atom. The summed E-state index contributed by atoms with van der Waals surface area (Å²) in [6.45, 7) is 4.74. The van der Waals surface area contributed by atoms with E-state index in [0.717, 1.165) is 49.9 Å². The van der Waals surface area contributed by atoms with Crippen LogP contribution in [0.5, 0.6) is 0 Å². The molecule has 0 fully saturated rings. The van der Waals surface area contributed by atoms with E-state index in [9.17, 15) is 0 Å². The largest absolute Gasteiger partial charge is 0.355 e. The van der Waals surface area contributed by atoms with E-state index in [1.54, 1.807) is 0 Å². The Morgan fingerprint density at radius 1 is 1.00 bits per heavy atom. The lowest BCUT2D eigenvalue weighted by molar-refractivity contribution is 0.834. The Bertz CT molecular complexity index is 740. The van der Waals surface area contributed by atoms with Crippen LogP contribution in [0, 0.1) is 0 Å². The second-order valence-corrected chi connectivity index (χ2v) is 6.81. The molecule has 2 aromatic carbocycles. The van der Waals surface area contributed by atoms with E-state index in [4.69, 9.17) is 11.6 Å². The topological polar surface area (TPSA) is 36.4 Å². The molecule has 0 amide bonds. The lowest BCUT2D eigenvalue weighted by Crippen LogP contribution is -2.33. The van der Waals surface area contributed by atoms with E-state index in [1.807, 2.05) is 12.1 Å². The molecule has 3 nitrogen and oxygen atoms in total. The normalized spacial score (nSPS) is 13.4. The molecule has 3 rings (SSSR count). The van der Waals surface area contributed by atoms with Gasteiger partial charge in [-0.05, 0) is 47.6 Å². The lowest BCUT2D eigenvalue weighted by atomic mass is 9.95. The Morgan fingerprint density at radius 3 is 2.48 bits per heavy atom. The van der Waals surface area contributed by atoms with Crippen LogP contribution in [0.15, 0.2) is 47.5 Å². The van der Waals surface area contributed by atoms with Gasteiger partial charge in [0.25, 0.3) is 0 Å². The highest BCUT2D eigenvalue weighted by atomic mass is 35.5. The van der Waals surface area contributed by atoms with E-state index < -0.39 is 0 Å². The van der Waals surface area contributed by atoms with Crippen molar-refractivity contribution in [3.8, 4) is 0 Å². The number of hydrogen-bond acceptors (Lipinski definition) is 3. The predicted molar refractivity (Wildman–Crippen MR) is 106 cm³/mol. The molecule has 1 heterocycles. The Labute approximate surface area is 155 Å². The van der Waals surface area contributed by atoms with Gasteiger partial charge < -0.3 is 10.6 Å². The first-order valence-corrected chi connectivity index (χ1v) is 9.51. The number of aryl methyl sites for hydroxylation is 2. The summed E-state index contributed by atoms with van der Waals surface area (Å²) in [5.74, 6) is 0.888. The number of rotatable bonds is 7. The zero-order valence-corrected chi connectivity index (χ0v) is 15.6. The predicted octanol–water partition coefficient (Wildman–Crippen LogP) is 4.13. The maximum absolute atomic E-state index is 6.52. The molecule has 2 aromatic rings. The summed E-state index contributed by atoms with van der Waals surface area (Å²) in [7, 11) is 0. The molecule has 0 radical (unpaired) electrons. The molecular formula is C21H26ClN3. The fraction of sp³-hybridized carbons (Fsp3) is 0.381. The zero-order valence-electron chi connectivity index (χ0n) is 14.8. The van der Waals surface area contributed by atoms with Crippen molar-refractivity contribution in [3.05, 3.63) is 69.7 Å². The van der Waals surface area contributed by atoms with E-state index in [0.29, 0.717) is 0 Å². The smallest absolute Gasteiger partial charge is 0.191 e. The fourth-order valence-corrected chi connectivity index (χ4v) is 3.61. The van der Waals surface area contributed by atoms with Gasteiger partial charge in [0, 0.05) is 18.1 Å². The second-order valence-electron chi connectivity index (χ2n) is 6.41. The van der Waals surface area contributed by atoms with Crippen LogP contribution in [0.2, 0.25) is 5.02 Å². The number of guanidine groups is 1. The highest BCUT2D eigenvalue weighted by Gasteiger charge is 2.11. The van der Waals surface area contributed by atoms with E-state index >= 15 is 0 Å². The van der Waals surface area contributed by atoms with Crippen molar-refractivity contribution >= 4 is 17.6 Å². The van der Waals surface area contributed by atoms with Gasteiger partial charge in [-0.15, -0.1) is 0 Å². The van der Waals surface area contributed by atoms with Crippen molar-refractivity contribution in [2.24, 2.45) is 4.99 Å². The molecule has 0 aromatic heterocycles. The van der Waals surface area contributed by atoms with Gasteiger partial charge in [0.2, 0.25) is 0 Å². The molecule has 25 heavy (non-hydrogen) atoms. The van der Waals surface area contributed by atoms with Crippen LogP contribution in [0.25, 0.3) is 0 Å². The third-order valence-corrected chi connectivity index (χ3v) is 4.97. The summed E-state index contributed by atoms with van der Waals surface area (Å²) in [4.78, 5) is 4.39. The monoisotopic (exact) mass is 355 g/mol. The first-order chi connectivity index (χ1) is 12.3. The molecule has 0 saturated heterocycles. The molecule has 4 heteroatoms. The molecule has 0 unspecified atom stereocenters. The molecule has 1 aliphatic rings. The highest BCUT2D eigenvalue weighted by molar-refractivity contribution is 6.31. The maximum Gasteiger partial charge on any atom is 0.191 e. The summed E-state index contributed by atoms with van der Waals surface area (Å²) < 4.78 is 0. The first-order valence-electron chi connectivity index (χ1n) is 9.13. The van der Waals surface area contributed by atoms with Crippen LogP contribution in [-0.4, -0.2) is 19.0 Å². The van der Waals surface area contributed by atoms with Crippen LogP contribution in [-0.2, 0) is 25.8 Å². The average Bonchev–Trinajstić information content (AvgIpc) is 3.14. The average molecular weight is 356 g/mol. The molecule has 0 spiro atoms. The Balaban J connectivity index is 1.71. The van der Waals surface area contributed by atoms with Gasteiger partial charge in [-0.1, -0.05) is 61.3 Å². The number of halogens is 1. The molecule has 132 valence electrons. The number of hydrogen-bond donors (Lipinski definition) is 2. The van der Waals surface area contributed by atoms with Gasteiger partial charge in [-0.3, -0.25) is 4.99 Å². The minimum atomic E-state index is 0.748. The quantitative estimate of drug-likeness (QED) is 0.783. The van der Waals surface area contributed by atoms with Gasteiger partial charge in [0.15, 0.2) is 5.96 Å². The SMILES string of the molecule is CCCc1ccccc1CCc1c(Cl)cccc1CNC1=NCCN1. The van der Waals surface area contributed by atoms with Gasteiger partial charge >= 0.3 is 0 Å². The summed E-state index contributed by atoms with van der Waals surface area (Å²) in [6.07, 6.45) is 4.29. The highest BCUT2D eigenvalue weighted by Crippen LogP contribution is 2.23. The van der Waals surface area contributed by atoms with Crippen LogP contribution >= 0.6 is 11.6 Å². The number of aliphatic imine (C=N–C) groups is 1. The number of nitrogens with zero attached hydrogens (tertiary/aromatic N) is 1. The van der Waals surface area contributed by atoms with E-state index in [1.165, 1.54) is 28.7 Å². The summed E-state index contributed by atoms with van der Waals surface area (Å²) >= 11 is 6.52. The van der Waals surface area contributed by atoms with Crippen molar-refractivity contribution in [3.63, 3.8) is 0 Å². The standard InChI is InChI=1S/C21H26ClN3/c1-2-6-16-7-3-4-8-17(16)11-12-19-18(9-5-10-20(19)22)15-25-21-23-13-14-24-21/h3-5,7-10H,2,6,11-15H2,1H3,(H2,23,24,25). The molecular weight excluding hydrogens is 330 g/mol. The fourth-order valence-electron chi connectivity index (χ4n) is 3.32. The Hall–Kier alpha value is -2.00. The summed E-state index contributed by atoms with van der Waals surface area (Å²) in [5, 5.41) is 7.48. The second kappa shape index (κ2) is 8.91. The van der Waals surface area contributed by atoms with Crippen LogP contribution in [0.4, 0.5) is 0 Å². The van der Waals surface area contributed by atoms with E-state index in [-0.39, 0.29) is 0 Å². The van der Waals surface area contributed by atoms with Gasteiger partial charge in [-0.25, -0.2) is 0 Å². The molecule has 1 aliphatic heterocycles. The minimum absolute atomic E-state index is 0.748. The van der Waals surface area contributed by atoms with E-state index in [2.05, 4.69) is 52.9 Å². The first kappa shape index (κ1) is 17.8. The van der Waals surface area contributed by atoms with Gasteiger partial charge in [-0.2, -0.15) is 0 Å². The molecule has 2 N–H and O–H groups in total. The number of nitrogens with one attached hydrogen (secondary N) is 2. The van der Waals surface area contributed by atoms with Crippen molar-refractivity contribution in [1.29, 1.82) is 0 Å². The molecule has 0 atom stereocenters. The van der Waals surface area contributed by atoms with Crippen molar-refractivity contribution in [2.75, 3.05) is 13.1 Å². The van der Waals surface area contributed by atoms with Crippen molar-refractivity contribution in [2.45, 2.75) is 39.2 Å². The molecule has 0 aliphatic carbocycles. The molecule has 0 saturated carbocycles. The lowest BCUT2D eigenvalue weighted by Gasteiger charge is -2.14. The van der Waals surface area contributed by atoms with Gasteiger partial charge in [0.05, 0.1) is 6.54 Å². The van der Waals surface area contributed by atoms with Crippen LogP contribution < -0.4 is 10.6 Å². The summed E-state index contributed by atoms with van der Waals surface area (Å²) in [6, 6.07) is 14.9.